The van der Waals surface area contributed by atoms with E-state index in [0.717, 1.165) is 29.7 Å². The second-order valence-electron chi connectivity index (χ2n) is 6.02. The first kappa shape index (κ1) is 16.5. The van der Waals surface area contributed by atoms with Crippen LogP contribution < -0.4 is 9.62 Å². The minimum absolute atomic E-state index is 0.189. The summed E-state index contributed by atoms with van der Waals surface area (Å²) in [7, 11) is -3.61. The van der Waals surface area contributed by atoms with Gasteiger partial charge in [-0.25, -0.2) is 8.42 Å². The topological polar surface area (TPSA) is 66.5 Å². The van der Waals surface area contributed by atoms with Crippen LogP contribution in [0.5, 0.6) is 0 Å². The number of hydrogen-bond acceptors (Lipinski definition) is 3. The maximum absolute atomic E-state index is 13.0. The number of aryl methyl sites for hydroxylation is 2. The van der Waals surface area contributed by atoms with Crippen molar-refractivity contribution < 1.29 is 13.2 Å². The molecule has 0 radical (unpaired) electrons. The number of hydrogen-bond donors (Lipinski definition) is 1. The van der Waals surface area contributed by atoms with Gasteiger partial charge >= 0.3 is 0 Å². The molecule has 0 aliphatic carbocycles. The first-order valence-corrected chi connectivity index (χ1v) is 9.32. The maximum Gasteiger partial charge on any atom is 0.264 e. The fourth-order valence-corrected chi connectivity index (χ4v) is 4.52. The molecule has 1 N–H and O–H groups in total. The average molecular weight is 344 g/mol. The molecular formula is C18H20N2O3S. The number of fused-ring (bicyclic) bond motifs is 1. The van der Waals surface area contributed by atoms with E-state index in [1.165, 1.54) is 23.4 Å². The van der Waals surface area contributed by atoms with Gasteiger partial charge in [-0.2, -0.15) is 0 Å². The summed E-state index contributed by atoms with van der Waals surface area (Å²) in [5.74, 6) is -0.189. The average Bonchev–Trinajstić information content (AvgIpc) is 2.54. The number of nitrogens with one attached hydrogen (secondary N) is 1. The Hall–Kier alpha value is -2.34. The molecule has 1 aliphatic heterocycles. The number of benzene rings is 2. The molecule has 24 heavy (non-hydrogen) atoms. The highest BCUT2D eigenvalue weighted by Gasteiger charge is 2.28. The van der Waals surface area contributed by atoms with E-state index in [9.17, 15) is 13.2 Å². The number of anilines is 2. The van der Waals surface area contributed by atoms with Crippen molar-refractivity contribution in [2.45, 2.75) is 31.6 Å². The van der Waals surface area contributed by atoms with Crippen LogP contribution >= 0.6 is 0 Å². The molecule has 2 aromatic carbocycles. The predicted molar refractivity (Wildman–Crippen MR) is 94.8 cm³/mol. The van der Waals surface area contributed by atoms with Crippen molar-refractivity contribution in [1.29, 1.82) is 0 Å². The van der Waals surface area contributed by atoms with Gasteiger partial charge in [-0.15, -0.1) is 0 Å². The van der Waals surface area contributed by atoms with Crippen LogP contribution in [0.1, 0.15) is 24.5 Å². The minimum Gasteiger partial charge on any atom is -0.326 e. The molecular weight excluding hydrogens is 324 g/mol. The smallest absolute Gasteiger partial charge is 0.264 e. The van der Waals surface area contributed by atoms with E-state index in [0.29, 0.717) is 12.2 Å². The van der Waals surface area contributed by atoms with Crippen LogP contribution in [0.3, 0.4) is 0 Å². The van der Waals surface area contributed by atoms with Gasteiger partial charge in [-0.3, -0.25) is 9.10 Å². The third kappa shape index (κ3) is 3.14. The monoisotopic (exact) mass is 344 g/mol. The molecule has 0 aromatic heterocycles. The fourth-order valence-electron chi connectivity index (χ4n) is 2.98. The lowest BCUT2D eigenvalue weighted by molar-refractivity contribution is -0.114. The zero-order valence-electron chi connectivity index (χ0n) is 13.7. The Morgan fingerprint density at radius 3 is 2.50 bits per heavy atom. The van der Waals surface area contributed by atoms with E-state index < -0.39 is 10.0 Å². The molecule has 1 aliphatic rings. The van der Waals surface area contributed by atoms with Crippen molar-refractivity contribution >= 4 is 27.3 Å². The Kier molecular flexibility index (Phi) is 4.32. The molecule has 3 rings (SSSR count). The third-order valence-electron chi connectivity index (χ3n) is 4.07. The number of carbonyl (C=O) groups is 1. The Morgan fingerprint density at radius 2 is 1.83 bits per heavy atom. The SMILES string of the molecule is CC(=O)Nc1ccc(S(=O)(=O)N2CCCc3cc(C)ccc32)cc1. The molecule has 0 saturated carbocycles. The van der Waals surface area contributed by atoms with Crippen molar-refractivity contribution in [3.63, 3.8) is 0 Å². The largest absolute Gasteiger partial charge is 0.326 e. The molecule has 126 valence electrons. The highest BCUT2D eigenvalue weighted by atomic mass is 32.2. The number of rotatable bonds is 3. The summed E-state index contributed by atoms with van der Waals surface area (Å²) < 4.78 is 27.5. The summed E-state index contributed by atoms with van der Waals surface area (Å²) >= 11 is 0. The molecule has 0 bridgehead atoms. The molecule has 0 atom stereocenters. The van der Waals surface area contributed by atoms with Crippen LogP contribution in [0.15, 0.2) is 47.4 Å². The Morgan fingerprint density at radius 1 is 1.12 bits per heavy atom. The van der Waals surface area contributed by atoms with Crippen LogP contribution in [-0.4, -0.2) is 20.9 Å². The van der Waals surface area contributed by atoms with Gasteiger partial charge in [0.25, 0.3) is 10.0 Å². The normalized spacial score (nSPS) is 14.2. The van der Waals surface area contributed by atoms with Gasteiger partial charge in [-0.05, 0) is 55.7 Å². The van der Waals surface area contributed by atoms with Gasteiger partial charge in [0.05, 0.1) is 10.6 Å². The zero-order valence-corrected chi connectivity index (χ0v) is 14.6. The summed E-state index contributed by atoms with van der Waals surface area (Å²) in [6.45, 7) is 3.90. The van der Waals surface area contributed by atoms with E-state index in [-0.39, 0.29) is 10.8 Å². The lowest BCUT2D eigenvalue weighted by atomic mass is 10.0. The van der Waals surface area contributed by atoms with Crippen LogP contribution in [0.25, 0.3) is 0 Å². The molecule has 6 heteroatoms. The van der Waals surface area contributed by atoms with Crippen molar-refractivity contribution in [2.24, 2.45) is 0 Å². The Labute approximate surface area is 142 Å². The highest BCUT2D eigenvalue weighted by Crippen LogP contribution is 2.32. The van der Waals surface area contributed by atoms with Crippen LogP contribution in [-0.2, 0) is 21.2 Å². The summed E-state index contributed by atoms with van der Waals surface area (Å²) in [5.41, 5.74) is 3.54. The van der Waals surface area contributed by atoms with Gasteiger partial charge in [0.1, 0.15) is 0 Å². The Balaban J connectivity index is 1.96. The van der Waals surface area contributed by atoms with Crippen molar-refractivity contribution in [1.82, 2.24) is 0 Å². The lowest BCUT2D eigenvalue weighted by Crippen LogP contribution is -2.35. The molecule has 0 spiro atoms. The maximum atomic E-state index is 13.0. The number of nitrogens with zero attached hydrogens (tertiary/aromatic N) is 1. The summed E-state index contributed by atoms with van der Waals surface area (Å²) in [5, 5.41) is 2.64. The Bertz CT molecular complexity index is 874. The second-order valence-corrected chi connectivity index (χ2v) is 7.88. The quantitative estimate of drug-likeness (QED) is 0.930. The van der Waals surface area contributed by atoms with Gasteiger partial charge in [0.15, 0.2) is 0 Å². The molecule has 2 aromatic rings. The van der Waals surface area contributed by atoms with E-state index in [4.69, 9.17) is 0 Å². The molecule has 0 unspecified atom stereocenters. The molecule has 5 nitrogen and oxygen atoms in total. The van der Waals surface area contributed by atoms with Crippen molar-refractivity contribution in [3.8, 4) is 0 Å². The van der Waals surface area contributed by atoms with Crippen LogP contribution in [0.4, 0.5) is 11.4 Å². The standard InChI is InChI=1S/C18H20N2O3S/c1-13-5-10-18-15(12-13)4-3-11-20(18)24(22,23)17-8-6-16(7-9-17)19-14(2)21/h5-10,12H,3-4,11H2,1-2H3,(H,19,21). The highest BCUT2D eigenvalue weighted by molar-refractivity contribution is 7.92. The minimum atomic E-state index is -3.61. The first-order chi connectivity index (χ1) is 11.4. The molecule has 0 saturated heterocycles. The van der Waals surface area contributed by atoms with Crippen LogP contribution in [0, 0.1) is 6.92 Å². The van der Waals surface area contributed by atoms with Crippen molar-refractivity contribution in [2.75, 3.05) is 16.2 Å². The predicted octanol–water partition coefficient (Wildman–Crippen LogP) is 3.09. The van der Waals surface area contributed by atoms with Gasteiger partial charge in [0, 0.05) is 19.2 Å². The van der Waals surface area contributed by atoms with Crippen LogP contribution in [0.2, 0.25) is 0 Å². The number of carbonyl (C=O) groups excluding carboxylic acids is 1. The first-order valence-electron chi connectivity index (χ1n) is 7.88. The van der Waals surface area contributed by atoms with E-state index in [1.807, 2.05) is 19.1 Å². The molecule has 1 amide bonds. The number of amides is 1. The number of sulfonamides is 1. The lowest BCUT2D eigenvalue weighted by Gasteiger charge is -2.30. The van der Waals surface area contributed by atoms with Gasteiger partial charge < -0.3 is 5.32 Å². The van der Waals surface area contributed by atoms with E-state index in [1.54, 1.807) is 12.1 Å². The van der Waals surface area contributed by atoms with Gasteiger partial charge in [0.2, 0.25) is 5.91 Å². The third-order valence-corrected chi connectivity index (χ3v) is 5.90. The second kappa shape index (κ2) is 6.28. The van der Waals surface area contributed by atoms with E-state index >= 15 is 0 Å². The summed E-state index contributed by atoms with van der Waals surface area (Å²) in [4.78, 5) is 11.3. The summed E-state index contributed by atoms with van der Waals surface area (Å²) in [6.07, 6.45) is 1.70. The van der Waals surface area contributed by atoms with Gasteiger partial charge in [-0.1, -0.05) is 17.7 Å². The van der Waals surface area contributed by atoms with E-state index in [2.05, 4.69) is 11.4 Å². The summed E-state index contributed by atoms with van der Waals surface area (Å²) in [6, 6.07) is 12.1. The molecule has 0 fully saturated rings. The fraction of sp³-hybridized carbons (Fsp3) is 0.278. The zero-order chi connectivity index (χ0) is 17.3. The molecule has 1 heterocycles. The van der Waals surface area contributed by atoms with Crippen molar-refractivity contribution in [3.05, 3.63) is 53.6 Å².